The van der Waals surface area contributed by atoms with Crippen LogP contribution in [0.5, 0.6) is 5.75 Å². The van der Waals surface area contributed by atoms with Gasteiger partial charge in [-0.2, -0.15) is 0 Å². The van der Waals surface area contributed by atoms with Gasteiger partial charge in [0.25, 0.3) is 0 Å². The monoisotopic (exact) mass is 315 g/mol. The van der Waals surface area contributed by atoms with Crippen molar-refractivity contribution in [1.29, 1.82) is 0 Å². The van der Waals surface area contributed by atoms with E-state index in [1.807, 2.05) is 36.4 Å². The third-order valence-corrected chi connectivity index (χ3v) is 3.98. The SMILES string of the molecule is COCCOc1ccc(CNC(=O)C2CC2c2ccco2)cc1. The molecule has 0 bridgehead atoms. The van der Waals surface area contributed by atoms with Gasteiger partial charge in [-0.05, 0) is 36.2 Å². The Labute approximate surface area is 135 Å². The van der Waals surface area contributed by atoms with Gasteiger partial charge in [-0.3, -0.25) is 4.79 Å². The summed E-state index contributed by atoms with van der Waals surface area (Å²) in [6, 6.07) is 11.5. The summed E-state index contributed by atoms with van der Waals surface area (Å²) in [7, 11) is 1.64. The molecule has 5 heteroatoms. The molecule has 122 valence electrons. The Morgan fingerprint density at radius 1 is 1.26 bits per heavy atom. The van der Waals surface area contributed by atoms with E-state index in [0.29, 0.717) is 19.8 Å². The number of methoxy groups -OCH3 is 1. The molecule has 1 aliphatic rings. The van der Waals surface area contributed by atoms with E-state index in [-0.39, 0.29) is 17.7 Å². The molecular formula is C18H21NO4. The smallest absolute Gasteiger partial charge is 0.224 e. The molecule has 1 aromatic heterocycles. The largest absolute Gasteiger partial charge is 0.491 e. The average molecular weight is 315 g/mol. The number of furan rings is 1. The molecule has 0 saturated heterocycles. The van der Waals surface area contributed by atoms with Crippen molar-refractivity contribution in [2.75, 3.05) is 20.3 Å². The van der Waals surface area contributed by atoms with Gasteiger partial charge < -0.3 is 19.2 Å². The van der Waals surface area contributed by atoms with Crippen molar-refractivity contribution in [3.8, 4) is 5.75 Å². The predicted octanol–water partition coefficient (Wildman–Crippen LogP) is 2.72. The van der Waals surface area contributed by atoms with Crippen LogP contribution < -0.4 is 10.1 Å². The van der Waals surface area contributed by atoms with Crippen molar-refractivity contribution in [3.05, 3.63) is 54.0 Å². The van der Waals surface area contributed by atoms with E-state index < -0.39 is 0 Å². The summed E-state index contributed by atoms with van der Waals surface area (Å²) in [5, 5.41) is 2.98. The summed E-state index contributed by atoms with van der Waals surface area (Å²) >= 11 is 0. The molecule has 1 aliphatic carbocycles. The van der Waals surface area contributed by atoms with E-state index in [0.717, 1.165) is 23.5 Å². The Balaban J connectivity index is 1.43. The molecule has 1 heterocycles. The Hall–Kier alpha value is -2.27. The first-order valence-corrected chi connectivity index (χ1v) is 7.79. The number of hydrogen-bond donors (Lipinski definition) is 1. The van der Waals surface area contributed by atoms with Gasteiger partial charge in [0.1, 0.15) is 18.1 Å². The van der Waals surface area contributed by atoms with Crippen molar-refractivity contribution in [1.82, 2.24) is 5.32 Å². The zero-order valence-electron chi connectivity index (χ0n) is 13.2. The number of nitrogens with one attached hydrogen (secondary N) is 1. The second-order valence-electron chi connectivity index (χ2n) is 5.67. The van der Waals surface area contributed by atoms with Crippen LogP contribution >= 0.6 is 0 Å². The molecule has 1 fully saturated rings. The highest BCUT2D eigenvalue weighted by Gasteiger charge is 2.45. The number of benzene rings is 1. The van der Waals surface area contributed by atoms with E-state index in [9.17, 15) is 4.79 Å². The van der Waals surface area contributed by atoms with E-state index in [1.54, 1.807) is 13.4 Å². The Kier molecular flexibility index (Phi) is 4.98. The summed E-state index contributed by atoms with van der Waals surface area (Å²) in [6.07, 6.45) is 2.52. The van der Waals surface area contributed by atoms with Crippen molar-refractivity contribution in [2.24, 2.45) is 5.92 Å². The normalized spacial score (nSPS) is 19.3. The Bertz CT molecular complexity index is 621. The maximum Gasteiger partial charge on any atom is 0.224 e. The molecule has 2 aromatic rings. The van der Waals surface area contributed by atoms with E-state index in [4.69, 9.17) is 13.9 Å². The molecule has 0 aliphatic heterocycles. The number of hydrogen-bond acceptors (Lipinski definition) is 4. The van der Waals surface area contributed by atoms with Crippen molar-refractivity contribution in [2.45, 2.75) is 18.9 Å². The molecule has 0 spiro atoms. The molecule has 5 nitrogen and oxygen atoms in total. The number of amides is 1. The third-order valence-electron chi connectivity index (χ3n) is 3.98. The van der Waals surface area contributed by atoms with Gasteiger partial charge in [-0.15, -0.1) is 0 Å². The molecule has 2 atom stereocenters. The van der Waals surface area contributed by atoms with Gasteiger partial charge in [0.05, 0.1) is 12.9 Å². The van der Waals surface area contributed by atoms with E-state index in [1.165, 1.54) is 0 Å². The lowest BCUT2D eigenvalue weighted by atomic mass is 10.2. The Morgan fingerprint density at radius 2 is 2.09 bits per heavy atom. The molecule has 1 saturated carbocycles. The summed E-state index contributed by atoms with van der Waals surface area (Å²) in [6.45, 7) is 1.62. The molecule has 1 N–H and O–H groups in total. The molecule has 1 amide bonds. The molecular weight excluding hydrogens is 294 g/mol. The third kappa shape index (κ3) is 4.13. The number of carbonyl (C=O) groups excluding carboxylic acids is 1. The van der Waals surface area contributed by atoms with E-state index >= 15 is 0 Å². The quantitative estimate of drug-likeness (QED) is 0.761. The highest BCUT2D eigenvalue weighted by Crippen LogP contribution is 2.47. The summed E-state index contributed by atoms with van der Waals surface area (Å²) < 4.78 is 15.8. The van der Waals surface area contributed by atoms with Crippen LogP contribution in [-0.4, -0.2) is 26.2 Å². The van der Waals surface area contributed by atoms with Crippen LogP contribution in [-0.2, 0) is 16.1 Å². The maximum atomic E-state index is 12.1. The summed E-state index contributed by atoms with van der Waals surface area (Å²) in [4.78, 5) is 12.1. The first-order valence-electron chi connectivity index (χ1n) is 7.79. The van der Waals surface area contributed by atoms with Crippen molar-refractivity contribution in [3.63, 3.8) is 0 Å². The van der Waals surface area contributed by atoms with Gasteiger partial charge in [-0.1, -0.05) is 12.1 Å². The number of ether oxygens (including phenoxy) is 2. The van der Waals surface area contributed by atoms with Crippen molar-refractivity contribution >= 4 is 5.91 Å². The van der Waals surface area contributed by atoms with Crippen LogP contribution in [0, 0.1) is 5.92 Å². The maximum absolute atomic E-state index is 12.1. The fourth-order valence-electron chi connectivity index (χ4n) is 2.57. The lowest BCUT2D eigenvalue weighted by Crippen LogP contribution is -2.24. The van der Waals surface area contributed by atoms with Crippen LogP contribution in [0.15, 0.2) is 47.1 Å². The van der Waals surface area contributed by atoms with Crippen LogP contribution in [0.25, 0.3) is 0 Å². The van der Waals surface area contributed by atoms with Crippen LogP contribution in [0.1, 0.15) is 23.7 Å². The number of carbonyl (C=O) groups is 1. The summed E-state index contributed by atoms with van der Waals surface area (Å²) in [5.41, 5.74) is 1.05. The minimum absolute atomic E-state index is 0.0396. The van der Waals surface area contributed by atoms with E-state index in [2.05, 4.69) is 5.32 Å². The predicted molar refractivity (Wildman–Crippen MR) is 85.2 cm³/mol. The topological polar surface area (TPSA) is 60.7 Å². The minimum Gasteiger partial charge on any atom is -0.491 e. The minimum atomic E-state index is 0.0396. The second kappa shape index (κ2) is 7.33. The summed E-state index contributed by atoms with van der Waals surface area (Å²) in [5.74, 6) is 2.08. The standard InChI is InChI=1S/C18H21NO4/c1-21-9-10-22-14-6-4-13(5-7-14)12-19-18(20)16-11-15(16)17-3-2-8-23-17/h2-8,15-16H,9-12H2,1H3,(H,19,20). The van der Waals surface area contributed by atoms with Gasteiger partial charge in [-0.25, -0.2) is 0 Å². The second-order valence-corrected chi connectivity index (χ2v) is 5.67. The van der Waals surface area contributed by atoms with Gasteiger partial charge in [0.2, 0.25) is 5.91 Å². The van der Waals surface area contributed by atoms with Gasteiger partial charge in [0, 0.05) is 25.5 Å². The highest BCUT2D eigenvalue weighted by molar-refractivity contribution is 5.82. The van der Waals surface area contributed by atoms with Crippen molar-refractivity contribution < 1.29 is 18.7 Å². The zero-order valence-corrected chi connectivity index (χ0v) is 13.2. The lowest BCUT2D eigenvalue weighted by molar-refractivity contribution is -0.122. The molecule has 2 unspecified atom stereocenters. The fourth-order valence-corrected chi connectivity index (χ4v) is 2.57. The van der Waals surface area contributed by atoms with Gasteiger partial charge in [0.15, 0.2) is 0 Å². The van der Waals surface area contributed by atoms with Crippen LogP contribution in [0.2, 0.25) is 0 Å². The fraction of sp³-hybridized carbons (Fsp3) is 0.389. The van der Waals surface area contributed by atoms with Crippen LogP contribution in [0.3, 0.4) is 0 Å². The molecule has 23 heavy (non-hydrogen) atoms. The molecule has 3 rings (SSSR count). The number of rotatable bonds is 8. The van der Waals surface area contributed by atoms with Gasteiger partial charge >= 0.3 is 0 Å². The first kappa shape index (κ1) is 15.6. The molecule has 1 aromatic carbocycles. The highest BCUT2D eigenvalue weighted by atomic mass is 16.5. The zero-order chi connectivity index (χ0) is 16.1. The molecule has 0 radical (unpaired) electrons. The Morgan fingerprint density at radius 3 is 2.78 bits per heavy atom. The lowest BCUT2D eigenvalue weighted by Gasteiger charge is -2.08. The average Bonchev–Trinajstić information content (AvgIpc) is 3.19. The first-order chi connectivity index (χ1) is 11.3. The van der Waals surface area contributed by atoms with Crippen LogP contribution in [0.4, 0.5) is 0 Å².